The van der Waals surface area contributed by atoms with E-state index in [1.807, 2.05) is 13.0 Å². The highest BCUT2D eigenvalue weighted by molar-refractivity contribution is 5.72. The highest BCUT2D eigenvalue weighted by atomic mass is 16.5. The summed E-state index contributed by atoms with van der Waals surface area (Å²) in [6.45, 7) is 5.09. The second-order valence-corrected chi connectivity index (χ2v) is 3.36. The summed E-state index contributed by atoms with van der Waals surface area (Å²) in [4.78, 5) is 14.7. The average molecular weight is 224 g/mol. The molecule has 88 valence electrons. The molecule has 0 aliphatic rings. The maximum Gasteiger partial charge on any atom is 0.344 e. The summed E-state index contributed by atoms with van der Waals surface area (Å²) in [5, 5.41) is 11.8. The van der Waals surface area contributed by atoms with Crippen molar-refractivity contribution in [1.29, 1.82) is 0 Å². The summed E-state index contributed by atoms with van der Waals surface area (Å²) in [6, 6.07) is 3.53. The smallest absolute Gasteiger partial charge is 0.344 e. The van der Waals surface area contributed by atoms with Crippen molar-refractivity contribution in [3.05, 3.63) is 24.0 Å². The summed E-state index contributed by atoms with van der Waals surface area (Å²) >= 11 is 0. The molecular weight excluding hydrogens is 208 g/mol. The highest BCUT2D eigenvalue weighted by Crippen LogP contribution is 2.11. The third-order valence-corrected chi connectivity index (χ3v) is 2.01. The van der Waals surface area contributed by atoms with Gasteiger partial charge in [0.1, 0.15) is 5.75 Å². The Labute approximate surface area is 94.5 Å². The van der Waals surface area contributed by atoms with E-state index >= 15 is 0 Å². The number of pyridine rings is 1. The van der Waals surface area contributed by atoms with Crippen molar-refractivity contribution in [1.82, 2.24) is 10.3 Å². The molecule has 0 bridgehead atoms. The van der Waals surface area contributed by atoms with Crippen LogP contribution in [-0.2, 0) is 11.3 Å². The van der Waals surface area contributed by atoms with E-state index in [2.05, 4.69) is 10.3 Å². The first-order valence-corrected chi connectivity index (χ1v) is 5.18. The number of rotatable bonds is 6. The fourth-order valence-electron chi connectivity index (χ4n) is 1.09. The topological polar surface area (TPSA) is 71.5 Å². The first kappa shape index (κ1) is 12.4. The molecule has 0 saturated heterocycles. The summed E-state index contributed by atoms with van der Waals surface area (Å²) in [5.74, 6) is -0.521. The van der Waals surface area contributed by atoms with E-state index in [4.69, 9.17) is 9.84 Å². The maximum absolute atomic E-state index is 10.6. The van der Waals surface area contributed by atoms with Crippen LogP contribution in [0.15, 0.2) is 18.3 Å². The molecule has 0 aliphatic heterocycles. The van der Waals surface area contributed by atoms with E-state index in [1.54, 1.807) is 6.07 Å². The molecule has 1 rings (SSSR count). The molecule has 5 heteroatoms. The molecule has 0 radical (unpaired) electrons. The van der Waals surface area contributed by atoms with Gasteiger partial charge in [-0.1, -0.05) is 6.92 Å². The summed E-state index contributed by atoms with van der Waals surface area (Å²) in [6.07, 6.45) is 0.674. The Hall–Kier alpha value is -1.62. The van der Waals surface area contributed by atoms with Crippen LogP contribution >= 0.6 is 0 Å². The van der Waals surface area contributed by atoms with Crippen molar-refractivity contribution in [2.45, 2.75) is 26.5 Å². The molecule has 1 heterocycles. The van der Waals surface area contributed by atoms with Crippen LogP contribution in [0.4, 0.5) is 0 Å². The van der Waals surface area contributed by atoms with Gasteiger partial charge in [-0.15, -0.1) is 0 Å². The molecule has 5 nitrogen and oxygen atoms in total. The molecule has 1 unspecified atom stereocenters. The molecule has 0 aromatic carbocycles. The molecular formula is C11H16N2O3. The van der Waals surface area contributed by atoms with Crippen LogP contribution in [0.5, 0.6) is 5.75 Å². The predicted octanol–water partition coefficient (Wildman–Crippen LogP) is 1.04. The predicted molar refractivity (Wildman–Crippen MR) is 59.3 cm³/mol. The van der Waals surface area contributed by atoms with Gasteiger partial charge in [-0.05, 0) is 25.6 Å². The van der Waals surface area contributed by atoms with E-state index < -0.39 is 12.1 Å². The lowest BCUT2D eigenvalue weighted by atomic mass is 10.3. The van der Waals surface area contributed by atoms with E-state index in [1.165, 1.54) is 13.1 Å². The fraction of sp³-hybridized carbons (Fsp3) is 0.455. The Kier molecular flexibility index (Phi) is 4.72. The number of aliphatic carboxylic acids is 1. The van der Waals surface area contributed by atoms with Crippen molar-refractivity contribution in [3.8, 4) is 5.75 Å². The lowest BCUT2D eigenvalue weighted by molar-refractivity contribution is -0.144. The number of hydrogen-bond donors (Lipinski definition) is 2. The quantitative estimate of drug-likeness (QED) is 0.755. The van der Waals surface area contributed by atoms with Gasteiger partial charge in [0.25, 0.3) is 0 Å². The fourth-order valence-corrected chi connectivity index (χ4v) is 1.09. The second kappa shape index (κ2) is 6.07. The van der Waals surface area contributed by atoms with Gasteiger partial charge < -0.3 is 15.2 Å². The number of carboxylic acids is 1. The number of ether oxygens (including phenoxy) is 1. The molecule has 2 N–H and O–H groups in total. The number of aromatic nitrogens is 1. The van der Waals surface area contributed by atoms with Crippen molar-refractivity contribution in [3.63, 3.8) is 0 Å². The van der Waals surface area contributed by atoms with Crippen molar-refractivity contribution < 1.29 is 14.6 Å². The Morgan fingerprint density at radius 3 is 2.88 bits per heavy atom. The van der Waals surface area contributed by atoms with Crippen molar-refractivity contribution in [2.75, 3.05) is 6.54 Å². The van der Waals surface area contributed by atoms with Gasteiger partial charge in [-0.3, -0.25) is 4.98 Å². The summed E-state index contributed by atoms with van der Waals surface area (Å²) in [7, 11) is 0. The summed E-state index contributed by atoms with van der Waals surface area (Å²) < 4.78 is 5.15. The number of carbonyl (C=O) groups is 1. The minimum Gasteiger partial charge on any atom is -0.479 e. The van der Waals surface area contributed by atoms with E-state index in [0.29, 0.717) is 12.3 Å². The molecule has 0 spiro atoms. The minimum absolute atomic E-state index is 0.468. The third kappa shape index (κ3) is 3.86. The van der Waals surface area contributed by atoms with Gasteiger partial charge in [0.05, 0.1) is 11.9 Å². The van der Waals surface area contributed by atoms with Gasteiger partial charge in [0.2, 0.25) is 0 Å². The van der Waals surface area contributed by atoms with Crippen LogP contribution in [0, 0.1) is 0 Å². The van der Waals surface area contributed by atoms with Gasteiger partial charge in [0, 0.05) is 6.54 Å². The SMILES string of the molecule is CCNCc1ccc(OC(C)C(=O)O)cn1. The minimum atomic E-state index is -0.989. The van der Waals surface area contributed by atoms with Crippen LogP contribution in [0.3, 0.4) is 0 Å². The van der Waals surface area contributed by atoms with Crippen LogP contribution in [0.2, 0.25) is 0 Å². The molecule has 0 amide bonds. The standard InChI is InChI=1S/C11H16N2O3/c1-3-12-6-9-4-5-10(7-13-9)16-8(2)11(14)15/h4-5,7-8,12H,3,6H2,1-2H3,(H,14,15). The van der Waals surface area contributed by atoms with Crippen LogP contribution in [0.1, 0.15) is 19.5 Å². The molecule has 1 aromatic rings. The van der Waals surface area contributed by atoms with E-state index in [9.17, 15) is 4.79 Å². The number of nitrogens with one attached hydrogen (secondary N) is 1. The van der Waals surface area contributed by atoms with Crippen LogP contribution < -0.4 is 10.1 Å². The zero-order valence-corrected chi connectivity index (χ0v) is 9.43. The number of carboxylic acid groups (broad SMARTS) is 1. The zero-order chi connectivity index (χ0) is 12.0. The first-order valence-electron chi connectivity index (χ1n) is 5.18. The van der Waals surface area contributed by atoms with Crippen LogP contribution in [-0.4, -0.2) is 28.7 Å². The normalized spacial score (nSPS) is 12.1. The van der Waals surface area contributed by atoms with Crippen molar-refractivity contribution >= 4 is 5.97 Å². The largest absolute Gasteiger partial charge is 0.479 e. The molecule has 1 atom stereocenters. The number of hydrogen-bond acceptors (Lipinski definition) is 4. The number of nitrogens with zero attached hydrogens (tertiary/aromatic N) is 1. The zero-order valence-electron chi connectivity index (χ0n) is 9.43. The second-order valence-electron chi connectivity index (χ2n) is 3.36. The van der Waals surface area contributed by atoms with Crippen LogP contribution in [0.25, 0.3) is 0 Å². The monoisotopic (exact) mass is 224 g/mol. The Morgan fingerprint density at radius 1 is 1.62 bits per heavy atom. The van der Waals surface area contributed by atoms with Crippen molar-refractivity contribution in [2.24, 2.45) is 0 Å². The molecule has 1 aromatic heterocycles. The average Bonchev–Trinajstić information content (AvgIpc) is 2.28. The van der Waals surface area contributed by atoms with Gasteiger partial charge in [-0.25, -0.2) is 4.79 Å². The summed E-state index contributed by atoms with van der Waals surface area (Å²) in [5.41, 5.74) is 0.900. The highest BCUT2D eigenvalue weighted by Gasteiger charge is 2.12. The Morgan fingerprint density at radius 2 is 2.38 bits per heavy atom. The third-order valence-electron chi connectivity index (χ3n) is 2.01. The maximum atomic E-state index is 10.6. The van der Waals surface area contributed by atoms with Gasteiger partial charge in [-0.2, -0.15) is 0 Å². The van der Waals surface area contributed by atoms with E-state index in [-0.39, 0.29) is 0 Å². The molecule has 16 heavy (non-hydrogen) atoms. The molecule has 0 saturated carbocycles. The molecule has 0 aliphatic carbocycles. The first-order chi connectivity index (χ1) is 7.63. The van der Waals surface area contributed by atoms with Gasteiger partial charge in [0.15, 0.2) is 6.10 Å². The molecule has 0 fully saturated rings. The van der Waals surface area contributed by atoms with Gasteiger partial charge >= 0.3 is 5.97 Å². The Bertz CT molecular complexity index is 338. The Balaban J connectivity index is 2.54. The lowest BCUT2D eigenvalue weighted by Crippen LogP contribution is -2.23. The lowest BCUT2D eigenvalue weighted by Gasteiger charge is -2.10. The van der Waals surface area contributed by atoms with E-state index in [0.717, 1.165) is 12.2 Å².